The number of nitrogens with zero attached hydrogens (tertiary/aromatic N) is 1. The van der Waals surface area contributed by atoms with E-state index >= 15 is 0 Å². The van der Waals surface area contributed by atoms with Gasteiger partial charge in [0.05, 0.1) is 0 Å². The Morgan fingerprint density at radius 3 is 3.00 bits per heavy atom. The molecular formula is C13H18N2O2. The molecule has 0 radical (unpaired) electrons. The Bertz CT molecular complexity index is 491. The number of aliphatic hydroxyl groups excluding tert-OH is 1. The number of hydrogen-bond acceptors (Lipinski definition) is 4. The smallest absolute Gasteiger partial charge is 0.181 e. The third kappa shape index (κ3) is 3.05. The van der Waals surface area contributed by atoms with Crippen LogP contribution in [0.3, 0.4) is 0 Å². The van der Waals surface area contributed by atoms with Crippen LogP contribution in [-0.4, -0.2) is 23.2 Å². The van der Waals surface area contributed by atoms with Gasteiger partial charge in [-0.3, -0.25) is 0 Å². The summed E-state index contributed by atoms with van der Waals surface area (Å²) in [6.07, 6.45) is 1.46. The maximum atomic E-state index is 9.14. The predicted molar refractivity (Wildman–Crippen MR) is 66.6 cm³/mol. The summed E-state index contributed by atoms with van der Waals surface area (Å²) >= 11 is 0. The molecule has 1 aromatic heterocycles. The highest BCUT2D eigenvalue weighted by Gasteiger charge is 2.15. The number of hydrogen-bond donors (Lipinski definition) is 2. The van der Waals surface area contributed by atoms with E-state index in [1.54, 1.807) is 0 Å². The van der Waals surface area contributed by atoms with E-state index in [0.29, 0.717) is 0 Å². The molecule has 0 unspecified atom stereocenters. The van der Waals surface area contributed by atoms with Crippen LogP contribution in [-0.2, 0) is 6.54 Å². The van der Waals surface area contributed by atoms with E-state index < -0.39 is 0 Å². The first kappa shape index (κ1) is 12.1. The topological polar surface area (TPSA) is 58.3 Å². The summed E-state index contributed by atoms with van der Waals surface area (Å²) in [5, 5.41) is 12.5. The monoisotopic (exact) mass is 234 g/mol. The molecule has 1 aromatic carbocycles. The summed E-state index contributed by atoms with van der Waals surface area (Å²) in [4.78, 5) is 4.07. The normalized spacial score (nSPS) is 12.2. The van der Waals surface area contributed by atoms with Gasteiger partial charge in [0.25, 0.3) is 0 Å². The molecule has 0 aliphatic carbocycles. The third-order valence-corrected chi connectivity index (χ3v) is 2.76. The molecular weight excluding hydrogens is 216 g/mol. The van der Waals surface area contributed by atoms with Crippen molar-refractivity contribution in [3.05, 3.63) is 30.2 Å². The van der Waals surface area contributed by atoms with E-state index in [9.17, 15) is 0 Å². The lowest BCUT2D eigenvalue weighted by atomic mass is 9.95. The molecule has 2 rings (SSSR count). The Labute approximate surface area is 101 Å². The molecule has 0 aliphatic heterocycles. The summed E-state index contributed by atoms with van der Waals surface area (Å²) in [5.74, 6) is 0. The van der Waals surface area contributed by atoms with Crippen LogP contribution in [0.5, 0.6) is 0 Å². The van der Waals surface area contributed by atoms with Crippen molar-refractivity contribution in [1.82, 2.24) is 10.3 Å². The van der Waals surface area contributed by atoms with Gasteiger partial charge in [-0.25, -0.2) is 4.98 Å². The first-order valence-electron chi connectivity index (χ1n) is 5.74. The zero-order valence-corrected chi connectivity index (χ0v) is 10.2. The summed E-state index contributed by atoms with van der Waals surface area (Å²) in [6, 6.07) is 5.97. The third-order valence-electron chi connectivity index (χ3n) is 2.76. The summed E-state index contributed by atoms with van der Waals surface area (Å²) in [7, 11) is 0. The number of aliphatic hydroxyl groups is 1. The summed E-state index contributed by atoms with van der Waals surface area (Å²) in [5.41, 5.74) is 2.76. The minimum atomic E-state index is -0.0870. The Hall–Kier alpha value is -1.39. The number of benzene rings is 1. The van der Waals surface area contributed by atoms with Gasteiger partial charge in [0.15, 0.2) is 12.0 Å². The number of aromatic nitrogens is 1. The van der Waals surface area contributed by atoms with Crippen LogP contribution in [0.15, 0.2) is 29.0 Å². The molecule has 0 bridgehead atoms. The van der Waals surface area contributed by atoms with Gasteiger partial charge in [-0.05, 0) is 17.7 Å². The molecule has 0 aliphatic rings. The minimum absolute atomic E-state index is 0.0870. The maximum absolute atomic E-state index is 9.14. The summed E-state index contributed by atoms with van der Waals surface area (Å²) in [6.45, 7) is 5.78. The number of rotatable bonds is 5. The SMILES string of the molecule is CC(C)(CO)CNCc1ccc2ncoc2c1. The Morgan fingerprint density at radius 1 is 1.41 bits per heavy atom. The van der Waals surface area contributed by atoms with Crippen molar-refractivity contribution in [3.8, 4) is 0 Å². The largest absolute Gasteiger partial charge is 0.443 e. The zero-order chi connectivity index (χ0) is 12.3. The lowest BCUT2D eigenvalue weighted by Gasteiger charge is -2.21. The molecule has 0 amide bonds. The average Bonchev–Trinajstić information content (AvgIpc) is 2.76. The second-order valence-electron chi connectivity index (χ2n) is 5.08. The van der Waals surface area contributed by atoms with Crippen molar-refractivity contribution in [2.24, 2.45) is 5.41 Å². The second-order valence-corrected chi connectivity index (χ2v) is 5.08. The van der Waals surface area contributed by atoms with Crippen molar-refractivity contribution in [2.75, 3.05) is 13.2 Å². The molecule has 4 nitrogen and oxygen atoms in total. The lowest BCUT2D eigenvalue weighted by molar-refractivity contribution is 0.156. The van der Waals surface area contributed by atoms with Gasteiger partial charge >= 0.3 is 0 Å². The van der Waals surface area contributed by atoms with E-state index in [1.165, 1.54) is 6.39 Å². The predicted octanol–water partition coefficient (Wildman–Crippen LogP) is 1.94. The highest BCUT2D eigenvalue weighted by atomic mass is 16.3. The Morgan fingerprint density at radius 2 is 2.24 bits per heavy atom. The number of nitrogens with one attached hydrogen (secondary N) is 1. The van der Waals surface area contributed by atoms with Gasteiger partial charge in [0.2, 0.25) is 0 Å². The van der Waals surface area contributed by atoms with Gasteiger partial charge in [-0.15, -0.1) is 0 Å². The van der Waals surface area contributed by atoms with E-state index in [4.69, 9.17) is 9.52 Å². The quantitative estimate of drug-likeness (QED) is 0.830. The van der Waals surface area contributed by atoms with Gasteiger partial charge in [-0.2, -0.15) is 0 Å². The molecule has 4 heteroatoms. The van der Waals surface area contributed by atoms with Crippen molar-refractivity contribution in [2.45, 2.75) is 20.4 Å². The van der Waals surface area contributed by atoms with Crippen molar-refractivity contribution in [3.63, 3.8) is 0 Å². The molecule has 0 spiro atoms. The van der Waals surface area contributed by atoms with E-state index in [2.05, 4.69) is 10.3 Å². The molecule has 2 aromatic rings. The van der Waals surface area contributed by atoms with Crippen LogP contribution in [0.2, 0.25) is 0 Å². The standard InChI is InChI=1S/C13H18N2O2/c1-13(2,8-16)7-14-6-10-3-4-11-12(5-10)17-9-15-11/h3-5,9,14,16H,6-8H2,1-2H3. The molecule has 92 valence electrons. The van der Waals surface area contributed by atoms with E-state index in [0.717, 1.165) is 29.8 Å². The zero-order valence-electron chi connectivity index (χ0n) is 10.2. The average molecular weight is 234 g/mol. The fourth-order valence-electron chi connectivity index (χ4n) is 1.61. The van der Waals surface area contributed by atoms with Crippen LogP contribution in [0.4, 0.5) is 0 Å². The fourth-order valence-corrected chi connectivity index (χ4v) is 1.61. The van der Waals surface area contributed by atoms with Crippen LogP contribution < -0.4 is 5.32 Å². The molecule has 0 saturated heterocycles. The molecule has 2 N–H and O–H groups in total. The number of oxazole rings is 1. The molecule has 1 heterocycles. The minimum Gasteiger partial charge on any atom is -0.443 e. The Balaban J connectivity index is 1.95. The number of fused-ring (bicyclic) bond motifs is 1. The van der Waals surface area contributed by atoms with E-state index in [-0.39, 0.29) is 12.0 Å². The van der Waals surface area contributed by atoms with Gasteiger partial charge in [-0.1, -0.05) is 19.9 Å². The second kappa shape index (κ2) is 4.85. The van der Waals surface area contributed by atoms with Crippen molar-refractivity contribution in [1.29, 1.82) is 0 Å². The van der Waals surface area contributed by atoms with Gasteiger partial charge in [0.1, 0.15) is 5.52 Å². The lowest BCUT2D eigenvalue weighted by Crippen LogP contribution is -2.31. The Kier molecular flexibility index (Phi) is 3.45. The van der Waals surface area contributed by atoms with Crippen molar-refractivity contribution >= 4 is 11.1 Å². The van der Waals surface area contributed by atoms with Crippen LogP contribution in [0, 0.1) is 5.41 Å². The van der Waals surface area contributed by atoms with Crippen LogP contribution in [0.1, 0.15) is 19.4 Å². The summed E-state index contributed by atoms with van der Waals surface area (Å²) < 4.78 is 5.25. The molecule has 0 fully saturated rings. The van der Waals surface area contributed by atoms with Gasteiger partial charge in [0, 0.05) is 25.1 Å². The highest BCUT2D eigenvalue weighted by Crippen LogP contribution is 2.15. The van der Waals surface area contributed by atoms with Crippen molar-refractivity contribution < 1.29 is 9.52 Å². The highest BCUT2D eigenvalue weighted by molar-refractivity contribution is 5.72. The molecule has 0 saturated carbocycles. The van der Waals surface area contributed by atoms with Crippen LogP contribution in [0.25, 0.3) is 11.1 Å². The van der Waals surface area contributed by atoms with Gasteiger partial charge < -0.3 is 14.8 Å². The molecule has 17 heavy (non-hydrogen) atoms. The van der Waals surface area contributed by atoms with Crippen LogP contribution >= 0.6 is 0 Å². The fraction of sp³-hybridized carbons (Fsp3) is 0.462. The first-order chi connectivity index (χ1) is 8.11. The maximum Gasteiger partial charge on any atom is 0.181 e. The molecule has 0 atom stereocenters. The van der Waals surface area contributed by atoms with E-state index in [1.807, 2.05) is 32.0 Å². The first-order valence-corrected chi connectivity index (χ1v) is 5.74.